The van der Waals surface area contributed by atoms with Crippen molar-refractivity contribution in [2.24, 2.45) is 23.7 Å². The van der Waals surface area contributed by atoms with Gasteiger partial charge in [-0.2, -0.15) is 0 Å². The fourth-order valence-corrected chi connectivity index (χ4v) is 6.62. The molecule has 0 radical (unpaired) electrons. The largest absolute Gasteiger partial charge is 0.481 e. The zero-order valence-electron chi connectivity index (χ0n) is 17.0. The molecule has 4 aliphatic carbocycles. The van der Waals surface area contributed by atoms with Gasteiger partial charge < -0.3 is 15.7 Å². The highest BCUT2D eigenvalue weighted by atomic mass is 32.1. The molecule has 3 N–H and O–H groups in total. The van der Waals surface area contributed by atoms with E-state index in [2.05, 4.69) is 10.6 Å². The van der Waals surface area contributed by atoms with Gasteiger partial charge in [-0.05, 0) is 61.6 Å². The molecule has 1 aromatic heterocycles. The Morgan fingerprint density at radius 2 is 1.65 bits per heavy atom. The van der Waals surface area contributed by atoms with Crippen LogP contribution in [-0.4, -0.2) is 22.9 Å². The summed E-state index contributed by atoms with van der Waals surface area (Å²) in [5.74, 6) is -2.94. The van der Waals surface area contributed by atoms with E-state index in [4.69, 9.17) is 0 Å². The average molecular weight is 437 g/mol. The molecule has 6 nitrogen and oxygen atoms in total. The minimum Gasteiger partial charge on any atom is -0.481 e. The van der Waals surface area contributed by atoms with Gasteiger partial charge in [0, 0.05) is 10.6 Å². The highest BCUT2D eigenvalue weighted by Crippen LogP contribution is 2.46. The number of allylic oxidation sites excluding steroid dienone is 2. The monoisotopic (exact) mass is 436 g/mol. The number of fused-ring (bicyclic) bond motifs is 3. The highest BCUT2D eigenvalue weighted by molar-refractivity contribution is 7.17. The number of anilines is 2. The summed E-state index contributed by atoms with van der Waals surface area (Å²) in [4.78, 5) is 39.5. The molecule has 2 bridgehead atoms. The second-order valence-electron chi connectivity index (χ2n) is 8.55. The molecule has 0 unspecified atom stereocenters. The summed E-state index contributed by atoms with van der Waals surface area (Å²) in [6, 6.07) is 9.24. The Kier molecular flexibility index (Phi) is 5.14. The first-order valence-corrected chi connectivity index (χ1v) is 11.6. The molecule has 4 aliphatic rings. The summed E-state index contributed by atoms with van der Waals surface area (Å²) in [5, 5.41) is 16.2. The topological polar surface area (TPSA) is 95.5 Å². The minimum absolute atomic E-state index is 0.0699. The summed E-state index contributed by atoms with van der Waals surface area (Å²) < 4.78 is 0. The molecule has 0 spiro atoms. The molecule has 2 amide bonds. The molecule has 4 atom stereocenters. The van der Waals surface area contributed by atoms with Crippen LogP contribution in [0.15, 0.2) is 42.5 Å². The van der Waals surface area contributed by atoms with Crippen LogP contribution in [0.3, 0.4) is 0 Å². The second-order valence-corrected chi connectivity index (χ2v) is 9.66. The van der Waals surface area contributed by atoms with Crippen LogP contribution >= 0.6 is 11.3 Å². The summed E-state index contributed by atoms with van der Waals surface area (Å²) >= 11 is 1.45. The molecule has 1 fully saturated rings. The zero-order chi connectivity index (χ0) is 21.5. The van der Waals surface area contributed by atoms with E-state index in [1.807, 2.05) is 42.5 Å². The van der Waals surface area contributed by atoms with E-state index in [0.29, 0.717) is 16.3 Å². The molecule has 0 saturated heterocycles. The van der Waals surface area contributed by atoms with Crippen LogP contribution in [0.1, 0.15) is 40.1 Å². The fourth-order valence-electron chi connectivity index (χ4n) is 5.33. The third-order valence-corrected chi connectivity index (χ3v) is 7.96. The van der Waals surface area contributed by atoms with Crippen molar-refractivity contribution in [2.75, 3.05) is 10.6 Å². The van der Waals surface area contributed by atoms with Crippen LogP contribution in [0.2, 0.25) is 0 Å². The lowest BCUT2D eigenvalue weighted by Crippen LogP contribution is -2.47. The first-order chi connectivity index (χ1) is 15.0. The quantitative estimate of drug-likeness (QED) is 0.608. The van der Waals surface area contributed by atoms with Gasteiger partial charge in [-0.3, -0.25) is 14.4 Å². The van der Waals surface area contributed by atoms with Crippen molar-refractivity contribution in [2.45, 2.75) is 32.1 Å². The van der Waals surface area contributed by atoms with Crippen LogP contribution in [0.5, 0.6) is 0 Å². The van der Waals surface area contributed by atoms with Gasteiger partial charge in [0.05, 0.1) is 17.4 Å². The number of benzene rings is 1. The molecule has 1 aromatic carbocycles. The highest BCUT2D eigenvalue weighted by Gasteiger charge is 2.48. The zero-order valence-corrected chi connectivity index (χ0v) is 17.8. The van der Waals surface area contributed by atoms with Crippen LogP contribution in [0.4, 0.5) is 10.7 Å². The van der Waals surface area contributed by atoms with Crippen molar-refractivity contribution in [3.05, 3.63) is 58.5 Å². The lowest BCUT2D eigenvalue weighted by Gasteiger charge is -2.41. The number of nitrogens with one attached hydrogen (secondary N) is 2. The van der Waals surface area contributed by atoms with Gasteiger partial charge in [0.15, 0.2) is 0 Å². The van der Waals surface area contributed by atoms with Crippen molar-refractivity contribution < 1.29 is 19.5 Å². The Balaban J connectivity index is 1.43. The number of hydrogen-bond acceptors (Lipinski definition) is 4. The number of hydrogen-bond donors (Lipinski definition) is 3. The van der Waals surface area contributed by atoms with Gasteiger partial charge in [-0.1, -0.05) is 30.4 Å². The molecule has 7 heteroatoms. The number of amides is 2. The number of carboxylic acid groups (broad SMARTS) is 1. The predicted octanol–water partition coefficient (Wildman–Crippen LogP) is 4.34. The Labute approximate surface area is 184 Å². The van der Waals surface area contributed by atoms with E-state index in [-0.39, 0.29) is 23.7 Å². The van der Waals surface area contributed by atoms with Crippen molar-refractivity contribution in [1.82, 2.24) is 0 Å². The number of carbonyl (C=O) groups excluding carboxylic acids is 2. The SMILES string of the molecule is O=C(Nc1ccccc1)c1c(NC(=O)[C@H]2[C@H](C(=O)O)[C@H]3C=C[C@H]2CC3)sc2c1CCC2. The Bertz CT molecular complexity index is 1070. The van der Waals surface area contributed by atoms with Gasteiger partial charge in [0.1, 0.15) is 5.00 Å². The van der Waals surface area contributed by atoms with Crippen molar-refractivity contribution in [1.29, 1.82) is 0 Å². The fraction of sp³-hybridized carbons (Fsp3) is 0.375. The normalized spacial score (nSPS) is 25.8. The number of carboxylic acids is 1. The summed E-state index contributed by atoms with van der Waals surface area (Å²) in [5.41, 5.74) is 2.23. The first kappa shape index (κ1) is 20.0. The van der Waals surface area contributed by atoms with E-state index in [1.54, 1.807) is 0 Å². The molecule has 0 aliphatic heterocycles. The number of aliphatic carboxylic acids is 1. The molecule has 1 heterocycles. The standard InChI is InChI=1S/C24H24N2O4S/c27-21(18-13-9-11-14(12-10-13)19(18)24(29)30)26-23-20(16-7-4-8-17(16)31-23)22(28)25-15-5-2-1-3-6-15/h1-3,5-6,9,11,13-14,18-19H,4,7-8,10,12H2,(H,25,28)(H,26,27)(H,29,30)/t13-,14-,18+,19+/m0/s1. The third-order valence-electron chi connectivity index (χ3n) is 6.75. The molecule has 2 aromatic rings. The van der Waals surface area contributed by atoms with E-state index in [1.165, 1.54) is 11.3 Å². The van der Waals surface area contributed by atoms with E-state index < -0.39 is 17.8 Å². The van der Waals surface area contributed by atoms with Crippen LogP contribution in [0.25, 0.3) is 0 Å². The Hall–Kier alpha value is -2.93. The smallest absolute Gasteiger partial charge is 0.307 e. The number of aryl methyl sites for hydroxylation is 1. The molecule has 31 heavy (non-hydrogen) atoms. The van der Waals surface area contributed by atoms with E-state index in [9.17, 15) is 19.5 Å². The van der Waals surface area contributed by atoms with Gasteiger partial charge in [-0.25, -0.2) is 0 Å². The maximum absolute atomic E-state index is 13.3. The average Bonchev–Trinajstić information content (AvgIpc) is 3.35. The molecular formula is C24H24N2O4S. The molecule has 6 rings (SSSR count). The van der Waals surface area contributed by atoms with Gasteiger partial charge in [-0.15, -0.1) is 11.3 Å². The molecular weight excluding hydrogens is 412 g/mol. The Morgan fingerprint density at radius 3 is 2.32 bits per heavy atom. The summed E-state index contributed by atoms with van der Waals surface area (Å²) in [7, 11) is 0. The predicted molar refractivity (Wildman–Crippen MR) is 119 cm³/mol. The summed E-state index contributed by atoms with van der Waals surface area (Å²) in [6.45, 7) is 0. The molecule has 1 saturated carbocycles. The lowest BCUT2D eigenvalue weighted by molar-refractivity contribution is -0.151. The molecule has 160 valence electrons. The van der Waals surface area contributed by atoms with E-state index in [0.717, 1.165) is 42.5 Å². The van der Waals surface area contributed by atoms with Crippen LogP contribution in [0, 0.1) is 23.7 Å². The Morgan fingerprint density at radius 1 is 0.935 bits per heavy atom. The van der Waals surface area contributed by atoms with E-state index >= 15 is 0 Å². The maximum Gasteiger partial charge on any atom is 0.307 e. The van der Waals surface area contributed by atoms with Gasteiger partial charge in [0.2, 0.25) is 5.91 Å². The van der Waals surface area contributed by atoms with Gasteiger partial charge in [0.25, 0.3) is 5.91 Å². The lowest BCUT2D eigenvalue weighted by atomic mass is 9.62. The number of carbonyl (C=O) groups is 3. The van der Waals surface area contributed by atoms with Crippen molar-refractivity contribution in [3.8, 4) is 0 Å². The van der Waals surface area contributed by atoms with Crippen LogP contribution < -0.4 is 10.6 Å². The number of thiophene rings is 1. The third kappa shape index (κ3) is 3.57. The van der Waals surface area contributed by atoms with Crippen molar-refractivity contribution in [3.63, 3.8) is 0 Å². The van der Waals surface area contributed by atoms with Crippen molar-refractivity contribution >= 4 is 39.8 Å². The number of rotatable bonds is 5. The number of para-hydroxylation sites is 1. The second kappa shape index (κ2) is 7.96. The summed E-state index contributed by atoms with van der Waals surface area (Å²) in [6.07, 6.45) is 8.29. The minimum atomic E-state index is -0.921. The maximum atomic E-state index is 13.3. The van der Waals surface area contributed by atoms with Crippen LogP contribution in [-0.2, 0) is 22.4 Å². The first-order valence-electron chi connectivity index (χ1n) is 10.8. The van der Waals surface area contributed by atoms with Gasteiger partial charge >= 0.3 is 5.97 Å².